The molecule has 0 atom stereocenters. The van der Waals surface area contributed by atoms with Crippen LogP contribution in [0.25, 0.3) is 32.3 Å². The van der Waals surface area contributed by atoms with Gasteiger partial charge in [-0.1, -0.05) is 136 Å². The zero-order valence-corrected chi connectivity index (χ0v) is 31.1. The van der Waals surface area contributed by atoms with E-state index in [0.29, 0.717) is 11.8 Å². The molecule has 0 spiro atoms. The van der Waals surface area contributed by atoms with Crippen LogP contribution in [0, 0.1) is 13.8 Å². The van der Waals surface area contributed by atoms with Crippen molar-refractivity contribution in [1.82, 2.24) is 0 Å². The van der Waals surface area contributed by atoms with Crippen molar-refractivity contribution in [2.45, 2.75) is 53.4 Å². The molecule has 0 radical (unpaired) electrons. The number of benzene rings is 8. The number of aryl methyl sites for hydroxylation is 2. The Kier molecular flexibility index (Phi) is 8.77. The van der Waals surface area contributed by atoms with E-state index in [9.17, 15) is 0 Å². The van der Waals surface area contributed by atoms with Crippen LogP contribution in [-0.4, -0.2) is 0 Å². The first-order chi connectivity index (χ1) is 25.3. The molecule has 2 heteroatoms. The highest BCUT2D eigenvalue weighted by atomic mass is 15.2. The Bertz CT molecular complexity index is 2330. The number of anilines is 6. The molecule has 0 aliphatic carbocycles. The number of hydrogen-bond donors (Lipinski definition) is 0. The maximum atomic E-state index is 2.46. The first-order valence-corrected chi connectivity index (χ1v) is 18.6. The monoisotopic (exact) mass is 674 g/mol. The normalized spacial score (nSPS) is 11.6. The topological polar surface area (TPSA) is 6.48 Å². The highest BCUT2D eigenvalue weighted by Gasteiger charge is 2.24. The number of nitrogens with zero attached hydrogens (tertiary/aromatic N) is 2. The average Bonchev–Trinajstić information content (AvgIpc) is 3.16. The second-order valence-corrected chi connectivity index (χ2v) is 14.8. The van der Waals surface area contributed by atoms with Crippen molar-refractivity contribution in [1.29, 1.82) is 0 Å². The van der Waals surface area contributed by atoms with E-state index in [4.69, 9.17) is 0 Å². The summed E-state index contributed by atoms with van der Waals surface area (Å²) in [5.41, 5.74) is 12.0. The van der Waals surface area contributed by atoms with E-state index in [-0.39, 0.29) is 0 Å². The molecule has 256 valence electrons. The number of rotatable bonds is 8. The van der Waals surface area contributed by atoms with Crippen molar-refractivity contribution in [2.75, 3.05) is 9.80 Å². The average molecular weight is 675 g/mol. The predicted molar refractivity (Wildman–Crippen MR) is 226 cm³/mol. The molecule has 52 heavy (non-hydrogen) atoms. The van der Waals surface area contributed by atoms with Crippen LogP contribution in [0.2, 0.25) is 0 Å². The van der Waals surface area contributed by atoms with E-state index >= 15 is 0 Å². The largest absolute Gasteiger partial charge is 0.310 e. The fourth-order valence-electron chi connectivity index (χ4n) is 7.55. The molecule has 8 aromatic rings. The second kappa shape index (κ2) is 13.7. The van der Waals surface area contributed by atoms with Gasteiger partial charge in [0, 0.05) is 33.5 Å². The second-order valence-electron chi connectivity index (χ2n) is 14.8. The van der Waals surface area contributed by atoms with Gasteiger partial charge in [0.1, 0.15) is 0 Å². The van der Waals surface area contributed by atoms with E-state index in [1.807, 2.05) is 0 Å². The van der Waals surface area contributed by atoms with Gasteiger partial charge >= 0.3 is 0 Å². The van der Waals surface area contributed by atoms with E-state index in [0.717, 1.165) is 34.1 Å². The number of fused-ring (bicyclic) bond motifs is 5. The zero-order chi connectivity index (χ0) is 35.9. The van der Waals surface area contributed by atoms with Gasteiger partial charge in [-0.3, -0.25) is 0 Å². The predicted octanol–water partition coefficient (Wildman–Crippen LogP) is 14.9. The summed E-state index contributed by atoms with van der Waals surface area (Å²) in [4.78, 5) is 4.92. The van der Waals surface area contributed by atoms with Crippen LogP contribution in [0.15, 0.2) is 158 Å². The molecule has 0 bridgehead atoms. The molecule has 0 fully saturated rings. The molecule has 0 aliphatic rings. The Morgan fingerprint density at radius 1 is 0.365 bits per heavy atom. The third-order valence-electron chi connectivity index (χ3n) is 10.5. The van der Waals surface area contributed by atoms with Gasteiger partial charge in [0.25, 0.3) is 0 Å². The zero-order valence-electron chi connectivity index (χ0n) is 31.1. The fraction of sp³-hybridized carbons (Fsp3) is 0.160. The van der Waals surface area contributed by atoms with Crippen LogP contribution < -0.4 is 9.80 Å². The lowest BCUT2D eigenvalue weighted by atomic mass is 9.92. The van der Waals surface area contributed by atoms with Crippen LogP contribution in [0.4, 0.5) is 34.1 Å². The standard InChI is InChI=1S/C50H46N2/c1-33(2)37-19-27-43(28-20-37)51(41-23-15-35(5)16-24-41)47-31-39-11-7-10-14-46(39)50-48(32-40-12-8-9-13-45(40)49(47)50)52(42-25-17-36(6)18-26-42)44-29-21-38(22-30-44)34(3)4/h7-34H,1-6H3. The van der Waals surface area contributed by atoms with Gasteiger partial charge in [0.2, 0.25) is 0 Å². The van der Waals surface area contributed by atoms with Crippen molar-refractivity contribution >= 4 is 66.4 Å². The highest BCUT2D eigenvalue weighted by molar-refractivity contribution is 6.28. The maximum absolute atomic E-state index is 2.46. The molecule has 0 N–H and O–H groups in total. The molecular weight excluding hydrogens is 629 g/mol. The minimum atomic E-state index is 0.456. The van der Waals surface area contributed by atoms with Gasteiger partial charge in [-0.2, -0.15) is 0 Å². The molecule has 0 heterocycles. The van der Waals surface area contributed by atoms with Crippen molar-refractivity contribution < 1.29 is 0 Å². The van der Waals surface area contributed by atoms with Crippen LogP contribution >= 0.6 is 0 Å². The van der Waals surface area contributed by atoms with Crippen molar-refractivity contribution in [2.24, 2.45) is 0 Å². The molecule has 0 unspecified atom stereocenters. The third kappa shape index (κ3) is 6.09. The molecule has 0 amide bonds. The summed E-state index contributed by atoms with van der Waals surface area (Å²) in [5, 5.41) is 7.34. The Morgan fingerprint density at radius 2 is 0.673 bits per heavy atom. The third-order valence-corrected chi connectivity index (χ3v) is 10.5. The van der Waals surface area contributed by atoms with E-state index in [1.54, 1.807) is 0 Å². The Morgan fingerprint density at radius 3 is 1.00 bits per heavy atom. The van der Waals surface area contributed by atoms with Gasteiger partial charge in [-0.05, 0) is 119 Å². The maximum Gasteiger partial charge on any atom is 0.0553 e. The van der Waals surface area contributed by atoms with Crippen molar-refractivity contribution in [3.05, 3.63) is 180 Å². The molecule has 8 aromatic carbocycles. The number of hydrogen-bond acceptors (Lipinski definition) is 2. The lowest BCUT2D eigenvalue weighted by Crippen LogP contribution is -2.13. The fourth-order valence-corrected chi connectivity index (χ4v) is 7.55. The summed E-state index contributed by atoms with van der Waals surface area (Å²) >= 11 is 0. The minimum Gasteiger partial charge on any atom is -0.310 e. The summed E-state index contributed by atoms with van der Waals surface area (Å²) in [5.74, 6) is 0.912. The molecule has 0 aromatic heterocycles. The van der Waals surface area contributed by atoms with Gasteiger partial charge < -0.3 is 9.80 Å². The molecule has 2 nitrogen and oxygen atoms in total. The van der Waals surface area contributed by atoms with Crippen LogP contribution in [0.3, 0.4) is 0 Å². The summed E-state index contributed by atoms with van der Waals surface area (Å²) in [6.45, 7) is 13.3. The van der Waals surface area contributed by atoms with Crippen LogP contribution in [0.5, 0.6) is 0 Å². The van der Waals surface area contributed by atoms with Gasteiger partial charge in [0.15, 0.2) is 0 Å². The molecular formula is C50H46N2. The lowest BCUT2D eigenvalue weighted by Gasteiger charge is -2.32. The smallest absolute Gasteiger partial charge is 0.0553 e. The van der Waals surface area contributed by atoms with E-state index < -0.39 is 0 Å². The Balaban J connectivity index is 1.52. The van der Waals surface area contributed by atoms with E-state index in [1.165, 1.54) is 54.6 Å². The molecule has 0 saturated heterocycles. The first kappa shape index (κ1) is 33.3. The van der Waals surface area contributed by atoms with Gasteiger partial charge in [0.05, 0.1) is 11.4 Å². The molecule has 0 saturated carbocycles. The van der Waals surface area contributed by atoms with Gasteiger partial charge in [-0.25, -0.2) is 0 Å². The lowest BCUT2D eigenvalue weighted by molar-refractivity contribution is 0.866. The molecule has 8 rings (SSSR count). The minimum absolute atomic E-state index is 0.456. The highest BCUT2D eigenvalue weighted by Crippen LogP contribution is 2.50. The molecule has 0 aliphatic heterocycles. The van der Waals surface area contributed by atoms with Crippen LogP contribution in [-0.2, 0) is 0 Å². The van der Waals surface area contributed by atoms with Crippen molar-refractivity contribution in [3.8, 4) is 0 Å². The Labute approximate surface area is 308 Å². The summed E-state index contributed by atoms with van der Waals surface area (Å²) in [6.07, 6.45) is 0. The Hall–Kier alpha value is -5.86. The summed E-state index contributed by atoms with van der Waals surface area (Å²) in [6, 6.07) is 58.8. The summed E-state index contributed by atoms with van der Waals surface area (Å²) in [7, 11) is 0. The SMILES string of the molecule is Cc1ccc(N(c2ccc(C(C)C)cc2)c2cc3ccccc3c3c(N(c4ccc(C)cc4)c4ccc(C(C)C)cc4)cc4ccccc4c23)cc1. The quantitative estimate of drug-likeness (QED) is 0.148. The van der Waals surface area contributed by atoms with Crippen molar-refractivity contribution in [3.63, 3.8) is 0 Å². The first-order valence-electron chi connectivity index (χ1n) is 18.6. The van der Waals surface area contributed by atoms with E-state index in [2.05, 4.69) is 209 Å². The van der Waals surface area contributed by atoms with Crippen LogP contribution in [0.1, 0.15) is 61.8 Å². The van der Waals surface area contributed by atoms with Gasteiger partial charge in [-0.15, -0.1) is 0 Å². The summed E-state index contributed by atoms with van der Waals surface area (Å²) < 4.78 is 0.